The molecular weight excluding hydrogens is 164 g/mol. The zero-order valence-corrected chi connectivity index (χ0v) is 8.45. The molecule has 13 heavy (non-hydrogen) atoms. The molecule has 0 bridgehead atoms. The Morgan fingerprint density at radius 3 is 2.62 bits per heavy atom. The highest BCUT2D eigenvalue weighted by Gasteiger charge is 2.26. The maximum absolute atomic E-state index is 9.37. The monoisotopic (exact) mass is 184 g/mol. The minimum absolute atomic E-state index is 0.0564. The number of β-amino-alcohol motifs (C(OH)–C–C–N with tert-alkyl or cyclic N) is 1. The highest BCUT2D eigenvalue weighted by Crippen LogP contribution is 2.18. The van der Waals surface area contributed by atoms with Crippen LogP contribution in [0.1, 0.15) is 12.8 Å². The average Bonchev–Trinajstić information content (AvgIpc) is 2.62. The third kappa shape index (κ3) is 2.42. The number of hydrogen-bond donors (Lipinski definition) is 1. The zero-order valence-electron chi connectivity index (χ0n) is 8.45. The Morgan fingerprint density at radius 2 is 2.08 bits per heavy atom. The van der Waals surface area contributed by atoms with Crippen LogP contribution in [0.4, 0.5) is 0 Å². The molecule has 0 aliphatic carbocycles. The van der Waals surface area contributed by atoms with Crippen LogP contribution in [0, 0.1) is 5.92 Å². The number of rotatable bonds is 2. The molecule has 0 amide bonds. The van der Waals surface area contributed by atoms with Gasteiger partial charge in [0, 0.05) is 26.2 Å². The predicted octanol–water partition coefficient (Wildman–Crippen LogP) is 0.00470. The van der Waals surface area contributed by atoms with Crippen molar-refractivity contribution < 1.29 is 5.11 Å². The van der Waals surface area contributed by atoms with Gasteiger partial charge in [-0.15, -0.1) is 0 Å². The first-order chi connectivity index (χ1) is 6.24. The summed E-state index contributed by atoms with van der Waals surface area (Å²) in [6.45, 7) is 5.69. The Bertz CT molecular complexity index is 156. The van der Waals surface area contributed by atoms with Gasteiger partial charge in [-0.25, -0.2) is 0 Å². The van der Waals surface area contributed by atoms with Crippen molar-refractivity contribution in [2.45, 2.75) is 18.9 Å². The first-order valence-electron chi connectivity index (χ1n) is 5.33. The topological polar surface area (TPSA) is 26.7 Å². The summed E-state index contributed by atoms with van der Waals surface area (Å²) in [5.41, 5.74) is 0. The van der Waals surface area contributed by atoms with Crippen molar-refractivity contribution >= 4 is 0 Å². The lowest BCUT2D eigenvalue weighted by Crippen LogP contribution is -2.29. The van der Waals surface area contributed by atoms with Crippen LogP contribution < -0.4 is 0 Å². The highest BCUT2D eigenvalue weighted by atomic mass is 16.3. The van der Waals surface area contributed by atoms with Crippen molar-refractivity contribution in [3.63, 3.8) is 0 Å². The Kier molecular flexibility index (Phi) is 2.86. The maximum atomic E-state index is 9.37. The van der Waals surface area contributed by atoms with Crippen LogP contribution in [0.5, 0.6) is 0 Å². The molecule has 0 radical (unpaired) electrons. The van der Waals surface area contributed by atoms with E-state index in [2.05, 4.69) is 16.8 Å². The SMILES string of the molecule is CN1CCC(CN2CC[C@H](O)C2)C1. The van der Waals surface area contributed by atoms with Crippen molar-refractivity contribution in [2.75, 3.05) is 39.8 Å². The molecule has 2 saturated heterocycles. The third-order valence-corrected chi connectivity index (χ3v) is 3.25. The van der Waals surface area contributed by atoms with Gasteiger partial charge >= 0.3 is 0 Å². The molecule has 2 aliphatic heterocycles. The molecule has 2 aliphatic rings. The number of aliphatic hydroxyl groups is 1. The van der Waals surface area contributed by atoms with E-state index in [1.54, 1.807) is 0 Å². The fraction of sp³-hybridized carbons (Fsp3) is 1.00. The van der Waals surface area contributed by atoms with E-state index in [4.69, 9.17) is 0 Å². The molecule has 2 heterocycles. The summed E-state index contributed by atoms with van der Waals surface area (Å²) in [5, 5.41) is 9.37. The lowest BCUT2D eigenvalue weighted by molar-refractivity contribution is 0.170. The Balaban J connectivity index is 1.72. The van der Waals surface area contributed by atoms with Crippen LogP contribution in [0.2, 0.25) is 0 Å². The van der Waals surface area contributed by atoms with Gasteiger partial charge in [-0.3, -0.25) is 0 Å². The predicted molar refractivity (Wildman–Crippen MR) is 52.7 cm³/mol. The Morgan fingerprint density at radius 1 is 1.23 bits per heavy atom. The summed E-state index contributed by atoms with van der Waals surface area (Å²) in [4.78, 5) is 4.81. The van der Waals surface area contributed by atoms with Gasteiger partial charge in [0.2, 0.25) is 0 Å². The molecule has 0 aromatic rings. The zero-order chi connectivity index (χ0) is 9.26. The van der Waals surface area contributed by atoms with E-state index in [1.807, 2.05) is 0 Å². The second-order valence-electron chi connectivity index (χ2n) is 4.62. The summed E-state index contributed by atoms with van der Waals surface area (Å²) < 4.78 is 0. The molecule has 2 rings (SSSR count). The van der Waals surface area contributed by atoms with Crippen molar-refractivity contribution in [2.24, 2.45) is 5.92 Å². The molecule has 1 N–H and O–H groups in total. The van der Waals surface area contributed by atoms with Gasteiger partial charge in [-0.05, 0) is 32.4 Å². The van der Waals surface area contributed by atoms with Gasteiger partial charge < -0.3 is 14.9 Å². The Hall–Kier alpha value is -0.120. The fourth-order valence-corrected chi connectivity index (χ4v) is 2.52. The van der Waals surface area contributed by atoms with E-state index in [1.165, 1.54) is 26.1 Å². The second kappa shape index (κ2) is 3.95. The van der Waals surface area contributed by atoms with Crippen LogP contribution in [0.15, 0.2) is 0 Å². The summed E-state index contributed by atoms with van der Waals surface area (Å²) in [6, 6.07) is 0. The molecule has 0 aromatic heterocycles. The maximum Gasteiger partial charge on any atom is 0.0679 e. The van der Waals surface area contributed by atoms with E-state index in [0.29, 0.717) is 0 Å². The van der Waals surface area contributed by atoms with Gasteiger partial charge in [-0.1, -0.05) is 0 Å². The number of nitrogens with zero attached hydrogens (tertiary/aromatic N) is 2. The summed E-state index contributed by atoms with van der Waals surface area (Å²) in [6.07, 6.45) is 2.25. The normalized spacial score (nSPS) is 37.4. The van der Waals surface area contributed by atoms with Gasteiger partial charge in [0.15, 0.2) is 0 Å². The second-order valence-corrected chi connectivity index (χ2v) is 4.62. The van der Waals surface area contributed by atoms with Crippen molar-refractivity contribution in [3.8, 4) is 0 Å². The van der Waals surface area contributed by atoms with E-state index in [9.17, 15) is 5.11 Å². The van der Waals surface area contributed by atoms with E-state index in [0.717, 1.165) is 25.4 Å². The summed E-state index contributed by atoms with van der Waals surface area (Å²) in [5.74, 6) is 0.843. The minimum atomic E-state index is -0.0564. The minimum Gasteiger partial charge on any atom is -0.392 e. The van der Waals surface area contributed by atoms with E-state index < -0.39 is 0 Å². The highest BCUT2D eigenvalue weighted by molar-refractivity contribution is 4.80. The van der Waals surface area contributed by atoms with Crippen LogP contribution in [-0.4, -0.2) is 60.8 Å². The standard InChI is InChI=1S/C10H20N2O/c1-11-4-2-9(6-11)7-12-5-3-10(13)8-12/h9-10,13H,2-8H2,1H3/t9?,10-/m0/s1. The first-order valence-corrected chi connectivity index (χ1v) is 5.33. The average molecular weight is 184 g/mol. The lowest BCUT2D eigenvalue weighted by atomic mass is 10.1. The summed E-state index contributed by atoms with van der Waals surface area (Å²) in [7, 11) is 2.19. The summed E-state index contributed by atoms with van der Waals surface area (Å²) >= 11 is 0. The molecule has 1 unspecified atom stereocenters. The fourth-order valence-electron chi connectivity index (χ4n) is 2.52. The van der Waals surface area contributed by atoms with Crippen molar-refractivity contribution in [3.05, 3.63) is 0 Å². The molecule has 3 heteroatoms. The first kappa shape index (κ1) is 9.44. The van der Waals surface area contributed by atoms with Crippen molar-refractivity contribution in [1.29, 1.82) is 0 Å². The third-order valence-electron chi connectivity index (χ3n) is 3.25. The van der Waals surface area contributed by atoms with E-state index >= 15 is 0 Å². The largest absolute Gasteiger partial charge is 0.392 e. The van der Waals surface area contributed by atoms with Gasteiger partial charge in [0.05, 0.1) is 6.10 Å². The Labute approximate surface area is 80.3 Å². The quantitative estimate of drug-likeness (QED) is 0.654. The molecule has 3 nitrogen and oxygen atoms in total. The number of likely N-dealkylation sites (tertiary alicyclic amines) is 2. The van der Waals surface area contributed by atoms with Crippen molar-refractivity contribution in [1.82, 2.24) is 9.80 Å². The molecule has 0 aromatic carbocycles. The molecular formula is C10H20N2O. The van der Waals surface area contributed by atoms with Gasteiger partial charge in [-0.2, -0.15) is 0 Å². The molecule has 0 saturated carbocycles. The molecule has 2 fully saturated rings. The van der Waals surface area contributed by atoms with Crippen LogP contribution in [0.25, 0.3) is 0 Å². The number of aliphatic hydroxyl groups excluding tert-OH is 1. The molecule has 0 spiro atoms. The van der Waals surface area contributed by atoms with Gasteiger partial charge in [0.1, 0.15) is 0 Å². The van der Waals surface area contributed by atoms with E-state index in [-0.39, 0.29) is 6.10 Å². The number of hydrogen-bond acceptors (Lipinski definition) is 3. The lowest BCUT2D eigenvalue weighted by Gasteiger charge is -2.19. The molecule has 76 valence electrons. The van der Waals surface area contributed by atoms with Crippen LogP contribution >= 0.6 is 0 Å². The smallest absolute Gasteiger partial charge is 0.0679 e. The van der Waals surface area contributed by atoms with Crippen LogP contribution in [-0.2, 0) is 0 Å². The van der Waals surface area contributed by atoms with Crippen LogP contribution in [0.3, 0.4) is 0 Å². The molecule has 2 atom stereocenters. The van der Waals surface area contributed by atoms with Gasteiger partial charge in [0.25, 0.3) is 0 Å².